The van der Waals surface area contributed by atoms with E-state index >= 15 is 0 Å². The molecule has 1 aromatic rings. The summed E-state index contributed by atoms with van der Waals surface area (Å²) in [6.45, 7) is 1.09. The quantitative estimate of drug-likeness (QED) is 0.787. The molecule has 0 aliphatic rings. The average molecular weight is 308 g/mol. The number of Topliss-reactive ketones (excluding diaryl/α,β-unsaturated/α-hetero) is 1. The third kappa shape index (κ3) is 3.20. The third-order valence-electron chi connectivity index (χ3n) is 1.80. The van der Waals surface area contributed by atoms with Crippen LogP contribution in [0.3, 0.4) is 0 Å². The molecule has 0 heterocycles. The van der Waals surface area contributed by atoms with Crippen LogP contribution < -0.4 is 4.74 Å². The molecule has 0 bridgehead atoms. The van der Waals surface area contributed by atoms with Gasteiger partial charge >= 0.3 is 6.36 Å². The van der Waals surface area contributed by atoms with Gasteiger partial charge in [-0.2, -0.15) is 5.26 Å². The van der Waals surface area contributed by atoms with Crippen LogP contribution in [-0.2, 0) is 0 Å². The van der Waals surface area contributed by atoms with Crippen molar-refractivity contribution in [3.63, 3.8) is 0 Å². The number of ketones is 1. The first-order valence-corrected chi connectivity index (χ1v) is 5.05. The zero-order valence-corrected chi connectivity index (χ0v) is 10.0. The molecule has 1 aromatic carbocycles. The van der Waals surface area contributed by atoms with Gasteiger partial charge in [-0.1, -0.05) is 0 Å². The average Bonchev–Trinajstić information content (AvgIpc) is 2.14. The van der Waals surface area contributed by atoms with Crippen molar-refractivity contribution in [2.24, 2.45) is 0 Å². The van der Waals surface area contributed by atoms with Crippen LogP contribution >= 0.6 is 15.9 Å². The number of nitriles is 1. The molecule has 3 nitrogen and oxygen atoms in total. The number of alkyl halides is 3. The minimum Gasteiger partial charge on any atom is -0.405 e. The highest BCUT2D eigenvalue weighted by atomic mass is 79.9. The highest BCUT2D eigenvalue weighted by molar-refractivity contribution is 9.10. The first kappa shape index (κ1) is 13.5. The molecule has 17 heavy (non-hydrogen) atoms. The van der Waals surface area contributed by atoms with Crippen LogP contribution in [0.4, 0.5) is 13.2 Å². The van der Waals surface area contributed by atoms with Crippen molar-refractivity contribution in [3.05, 3.63) is 27.7 Å². The maximum Gasteiger partial charge on any atom is 0.573 e. The van der Waals surface area contributed by atoms with Crippen molar-refractivity contribution in [1.29, 1.82) is 5.26 Å². The molecule has 0 saturated heterocycles. The van der Waals surface area contributed by atoms with Gasteiger partial charge in [0.1, 0.15) is 11.8 Å². The van der Waals surface area contributed by atoms with E-state index in [2.05, 4.69) is 20.7 Å². The molecule has 0 atom stereocenters. The van der Waals surface area contributed by atoms with Gasteiger partial charge in [-0.05, 0) is 35.0 Å². The predicted molar refractivity (Wildman–Crippen MR) is 55.5 cm³/mol. The lowest BCUT2D eigenvalue weighted by Gasteiger charge is -2.13. The molecule has 0 unspecified atom stereocenters. The van der Waals surface area contributed by atoms with Crippen molar-refractivity contribution in [3.8, 4) is 11.8 Å². The Bertz CT molecular complexity index is 505. The monoisotopic (exact) mass is 307 g/mol. The molecule has 0 aliphatic heterocycles. The Balaban J connectivity index is 3.38. The van der Waals surface area contributed by atoms with Gasteiger partial charge in [0.25, 0.3) is 0 Å². The van der Waals surface area contributed by atoms with E-state index in [9.17, 15) is 18.0 Å². The summed E-state index contributed by atoms with van der Waals surface area (Å²) in [4.78, 5) is 11.3. The Morgan fingerprint density at radius 2 is 2.06 bits per heavy atom. The number of ether oxygens (including phenoxy) is 1. The molecular weight excluding hydrogens is 303 g/mol. The summed E-state index contributed by atoms with van der Waals surface area (Å²) in [5, 5.41) is 8.69. The van der Waals surface area contributed by atoms with Gasteiger partial charge in [-0.3, -0.25) is 4.79 Å². The number of carbonyl (C=O) groups excluding carboxylic acids is 1. The van der Waals surface area contributed by atoms with E-state index in [0.29, 0.717) is 0 Å². The number of rotatable bonds is 2. The largest absolute Gasteiger partial charge is 0.573 e. The molecule has 1 rings (SSSR count). The van der Waals surface area contributed by atoms with Crippen LogP contribution in [0, 0.1) is 11.3 Å². The second kappa shape index (κ2) is 4.75. The highest BCUT2D eigenvalue weighted by Crippen LogP contribution is 2.33. The molecule has 0 spiro atoms. The third-order valence-corrected chi connectivity index (χ3v) is 2.63. The second-order valence-corrected chi connectivity index (χ2v) is 3.81. The van der Waals surface area contributed by atoms with Crippen LogP contribution in [0.5, 0.6) is 5.75 Å². The molecule has 0 N–H and O–H groups in total. The summed E-state index contributed by atoms with van der Waals surface area (Å²) in [7, 11) is 0. The first-order valence-electron chi connectivity index (χ1n) is 4.25. The minimum absolute atomic E-state index is 0.00532. The van der Waals surface area contributed by atoms with Gasteiger partial charge in [0.05, 0.1) is 11.1 Å². The van der Waals surface area contributed by atoms with Crippen molar-refractivity contribution >= 4 is 21.7 Å². The van der Waals surface area contributed by atoms with Gasteiger partial charge in [0.15, 0.2) is 5.78 Å². The Labute approximate surface area is 103 Å². The van der Waals surface area contributed by atoms with Gasteiger partial charge < -0.3 is 4.74 Å². The molecule has 90 valence electrons. The highest BCUT2D eigenvalue weighted by Gasteiger charge is 2.33. The van der Waals surface area contributed by atoms with Gasteiger partial charge in [0.2, 0.25) is 0 Å². The molecule has 0 radical (unpaired) electrons. The number of hydrogen-bond acceptors (Lipinski definition) is 3. The standard InChI is InChI=1S/C10H5BrF3NO2/c1-5(16)8-7(17-10(12,13)14)3-2-6(4-15)9(8)11/h2-3H,1H3. The number of halogens is 4. The van der Waals surface area contributed by atoms with Gasteiger partial charge in [0, 0.05) is 4.47 Å². The smallest absolute Gasteiger partial charge is 0.405 e. The fraction of sp³-hybridized carbons (Fsp3) is 0.200. The normalized spacial score (nSPS) is 10.8. The van der Waals surface area contributed by atoms with Crippen molar-refractivity contribution < 1.29 is 22.7 Å². The Morgan fingerprint density at radius 1 is 1.47 bits per heavy atom. The lowest BCUT2D eigenvalue weighted by molar-refractivity contribution is -0.274. The van der Waals surface area contributed by atoms with Gasteiger partial charge in [-0.15, -0.1) is 13.2 Å². The summed E-state index contributed by atoms with van der Waals surface area (Å²) in [6, 6.07) is 3.82. The molecule has 0 aliphatic carbocycles. The number of benzene rings is 1. The molecule has 0 amide bonds. The van der Waals surface area contributed by atoms with Crippen molar-refractivity contribution in [2.75, 3.05) is 0 Å². The summed E-state index contributed by atoms with van der Waals surface area (Å²) >= 11 is 2.91. The molecule has 0 aromatic heterocycles. The number of hydrogen-bond donors (Lipinski definition) is 0. The fourth-order valence-electron chi connectivity index (χ4n) is 1.18. The zero-order valence-electron chi connectivity index (χ0n) is 8.43. The minimum atomic E-state index is -4.89. The number of nitrogens with zero attached hydrogens (tertiary/aromatic N) is 1. The Hall–Kier alpha value is -1.55. The Kier molecular flexibility index (Phi) is 3.78. The Morgan fingerprint density at radius 3 is 2.47 bits per heavy atom. The maximum atomic E-state index is 12.1. The molecule has 0 saturated carbocycles. The summed E-state index contributed by atoms with van der Waals surface area (Å²) < 4.78 is 40.0. The summed E-state index contributed by atoms with van der Waals surface area (Å²) in [5.74, 6) is -1.26. The van der Waals surface area contributed by atoms with Gasteiger partial charge in [-0.25, -0.2) is 0 Å². The van der Waals surface area contributed by atoms with Crippen LogP contribution in [0.2, 0.25) is 0 Å². The van der Waals surface area contributed by atoms with E-state index in [-0.39, 0.29) is 15.6 Å². The van der Waals surface area contributed by atoms with E-state index in [4.69, 9.17) is 5.26 Å². The van der Waals surface area contributed by atoms with E-state index in [0.717, 1.165) is 19.1 Å². The fourth-order valence-corrected chi connectivity index (χ4v) is 1.88. The lowest BCUT2D eigenvalue weighted by Crippen LogP contribution is -2.19. The molecule has 7 heteroatoms. The van der Waals surface area contributed by atoms with E-state index in [1.165, 1.54) is 0 Å². The molecular formula is C10H5BrF3NO2. The summed E-state index contributed by atoms with van der Waals surface area (Å²) in [6.07, 6.45) is -4.89. The van der Waals surface area contributed by atoms with E-state index < -0.39 is 17.9 Å². The summed E-state index contributed by atoms with van der Waals surface area (Å²) in [5.41, 5.74) is -0.244. The topological polar surface area (TPSA) is 50.1 Å². The first-order chi connectivity index (χ1) is 7.76. The molecule has 0 fully saturated rings. The maximum absolute atomic E-state index is 12.1. The second-order valence-electron chi connectivity index (χ2n) is 3.02. The van der Waals surface area contributed by atoms with E-state index in [1.54, 1.807) is 6.07 Å². The van der Waals surface area contributed by atoms with E-state index in [1.807, 2.05) is 0 Å². The van der Waals surface area contributed by atoms with Crippen molar-refractivity contribution in [2.45, 2.75) is 13.3 Å². The van der Waals surface area contributed by atoms with Crippen LogP contribution in [0.15, 0.2) is 16.6 Å². The number of carbonyl (C=O) groups is 1. The predicted octanol–water partition coefficient (Wildman–Crippen LogP) is 3.42. The van der Waals surface area contributed by atoms with Crippen LogP contribution in [-0.4, -0.2) is 12.1 Å². The van der Waals surface area contributed by atoms with Crippen LogP contribution in [0.25, 0.3) is 0 Å². The van der Waals surface area contributed by atoms with Crippen LogP contribution in [0.1, 0.15) is 22.8 Å². The van der Waals surface area contributed by atoms with Crippen molar-refractivity contribution in [1.82, 2.24) is 0 Å². The zero-order chi connectivity index (χ0) is 13.2. The SMILES string of the molecule is CC(=O)c1c(OC(F)(F)F)ccc(C#N)c1Br. The lowest BCUT2D eigenvalue weighted by atomic mass is 10.1.